The lowest BCUT2D eigenvalue weighted by atomic mass is 10.1. The topological polar surface area (TPSA) is 35.2 Å². The van der Waals surface area contributed by atoms with Crippen molar-refractivity contribution in [2.45, 2.75) is 13.3 Å². The van der Waals surface area contributed by atoms with E-state index in [2.05, 4.69) is 22.9 Å². The fourth-order valence-corrected chi connectivity index (χ4v) is 2.36. The zero-order chi connectivity index (χ0) is 13.0. The number of hydrogen-bond donors (Lipinski definition) is 1. The molecule has 0 bridgehead atoms. The van der Waals surface area contributed by atoms with E-state index in [9.17, 15) is 0 Å². The highest BCUT2D eigenvalue weighted by molar-refractivity contribution is 9.10. The van der Waals surface area contributed by atoms with E-state index in [0.717, 1.165) is 27.9 Å². The van der Waals surface area contributed by atoms with Crippen molar-refractivity contribution < 1.29 is 4.74 Å². The molecule has 0 fully saturated rings. The van der Waals surface area contributed by atoms with Crippen LogP contribution in [0, 0.1) is 6.92 Å². The van der Waals surface area contributed by atoms with Crippen molar-refractivity contribution in [3.8, 4) is 5.75 Å². The quantitative estimate of drug-likeness (QED) is 0.868. The third-order valence-electron chi connectivity index (χ3n) is 2.77. The second-order valence-corrected chi connectivity index (χ2v) is 5.09. The molecule has 2 nitrogen and oxygen atoms in total. The fraction of sp³-hybridized carbons (Fsp3) is 0.200. The van der Waals surface area contributed by atoms with Gasteiger partial charge in [0.25, 0.3) is 0 Å². The first-order valence-electron chi connectivity index (χ1n) is 5.89. The van der Waals surface area contributed by atoms with Crippen LogP contribution < -0.4 is 10.5 Å². The van der Waals surface area contributed by atoms with Crippen LogP contribution in [0.1, 0.15) is 11.1 Å². The van der Waals surface area contributed by atoms with Crippen molar-refractivity contribution in [1.29, 1.82) is 0 Å². The molecule has 0 spiro atoms. The molecule has 0 radical (unpaired) electrons. The Labute approximate surface area is 116 Å². The maximum absolute atomic E-state index is 5.88. The number of ether oxygens (including phenoxy) is 1. The van der Waals surface area contributed by atoms with Gasteiger partial charge in [0.05, 0.1) is 11.1 Å². The molecular formula is C15H16BrNO. The number of halogens is 1. The summed E-state index contributed by atoms with van der Waals surface area (Å²) in [6, 6.07) is 13.9. The minimum atomic E-state index is 0.621. The average Bonchev–Trinajstić information content (AvgIpc) is 2.34. The Kier molecular flexibility index (Phi) is 4.26. The highest BCUT2D eigenvalue weighted by Gasteiger charge is 2.02. The number of aryl methyl sites for hydroxylation is 1. The van der Waals surface area contributed by atoms with Gasteiger partial charge in [-0.15, -0.1) is 0 Å². The molecule has 2 aromatic carbocycles. The normalized spacial score (nSPS) is 10.3. The number of anilines is 1. The first kappa shape index (κ1) is 13.0. The van der Waals surface area contributed by atoms with Crippen molar-refractivity contribution in [3.05, 3.63) is 58.1 Å². The molecule has 94 valence electrons. The van der Waals surface area contributed by atoms with E-state index in [1.807, 2.05) is 42.5 Å². The standard InChI is InChI=1S/C15H16BrNO/c1-11-6-7-15(13(16)10-11)18-9-8-12-4-2-3-5-14(12)17/h2-7,10H,8-9,17H2,1H3. The van der Waals surface area contributed by atoms with E-state index in [1.54, 1.807) is 0 Å². The van der Waals surface area contributed by atoms with E-state index in [4.69, 9.17) is 10.5 Å². The van der Waals surface area contributed by atoms with Crippen LogP contribution in [0.2, 0.25) is 0 Å². The summed E-state index contributed by atoms with van der Waals surface area (Å²) in [7, 11) is 0. The van der Waals surface area contributed by atoms with Crippen molar-refractivity contribution in [2.24, 2.45) is 0 Å². The SMILES string of the molecule is Cc1ccc(OCCc2ccccc2N)c(Br)c1. The van der Waals surface area contributed by atoms with Crippen LogP contribution >= 0.6 is 15.9 Å². The average molecular weight is 306 g/mol. The Morgan fingerprint density at radius 3 is 2.67 bits per heavy atom. The van der Waals surface area contributed by atoms with Gasteiger partial charge in [0.2, 0.25) is 0 Å². The third kappa shape index (κ3) is 3.26. The lowest BCUT2D eigenvalue weighted by Gasteiger charge is -2.10. The highest BCUT2D eigenvalue weighted by Crippen LogP contribution is 2.26. The Morgan fingerprint density at radius 2 is 1.94 bits per heavy atom. The highest BCUT2D eigenvalue weighted by atomic mass is 79.9. The van der Waals surface area contributed by atoms with E-state index in [1.165, 1.54) is 5.56 Å². The maximum atomic E-state index is 5.88. The summed E-state index contributed by atoms with van der Waals surface area (Å²) in [5.41, 5.74) is 9.04. The molecule has 0 atom stereocenters. The Hall–Kier alpha value is -1.48. The van der Waals surface area contributed by atoms with Crippen LogP contribution in [-0.2, 0) is 6.42 Å². The second-order valence-electron chi connectivity index (χ2n) is 4.23. The van der Waals surface area contributed by atoms with Gasteiger partial charge >= 0.3 is 0 Å². The summed E-state index contributed by atoms with van der Waals surface area (Å²) in [6.45, 7) is 2.68. The molecule has 0 aliphatic heterocycles. The number of nitrogen functional groups attached to an aromatic ring is 1. The minimum Gasteiger partial charge on any atom is -0.492 e. The van der Waals surface area contributed by atoms with Crippen LogP contribution in [0.3, 0.4) is 0 Å². The van der Waals surface area contributed by atoms with Crippen LogP contribution in [0.4, 0.5) is 5.69 Å². The number of benzene rings is 2. The van der Waals surface area contributed by atoms with Crippen LogP contribution in [0.25, 0.3) is 0 Å². The predicted octanol–water partition coefficient (Wildman–Crippen LogP) is 3.96. The second kappa shape index (κ2) is 5.91. The Balaban J connectivity index is 1.95. The molecule has 0 aromatic heterocycles. The number of hydrogen-bond acceptors (Lipinski definition) is 2. The molecule has 2 rings (SSSR count). The summed E-state index contributed by atoms with van der Waals surface area (Å²) in [4.78, 5) is 0. The Bertz CT molecular complexity index is 540. The van der Waals surface area contributed by atoms with Gasteiger partial charge in [0.1, 0.15) is 5.75 Å². The van der Waals surface area contributed by atoms with Gasteiger partial charge in [-0.25, -0.2) is 0 Å². The summed E-state index contributed by atoms with van der Waals surface area (Å²) < 4.78 is 6.74. The molecule has 2 aromatic rings. The lowest BCUT2D eigenvalue weighted by molar-refractivity contribution is 0.320. The van der Waals surface area contributed by atoms with Crippen LogP contribution in [0.15, 0.2) is 46.9 Å². The Morgan fingerprint density at radius 1 is 1.17 bits per heavy atom. The number of para-hydroxylation sites is 1. The van der Waals surface area contributed by atoms with Gasteiger partial charge in [-0.1, -0.05) is 24.3 Å². The molecule has 0 unspecified atom stereocenters. The van der Waals surface area contributed by atoms with Crippen molar-refractivity contribution in [1.82, 2.24) is 0 Å². The monoisotopic (exact) mass is 305 g/mol. The zero-order valence-electron chi connectivity index (χ0n) is 10.3. The summed E-state index contributed by atoms with van der Waals surface area (Å²) in [6.07, 6.45) is 0.812. The van der Waals surface area contributed by atoms with E-state index >= 15 is 0 Å². The van der Waals surface area contributed by atoms with Crippen LogP contribution in [-0.4, -0.2) is 6.61 Å². The van der Waals surface area contributed by atoms with E-state index < -0.39 is 0 Å². The lowest BCUT2D eigenvalue weighted by Crippen LogP contribution is -2.04. The molecular weight excluding hydrogens is 290 g/mol. The van der Waals surface area contributed by atoms with E-state index in [0.29, 0.717) is 6.61 Å². The molecule has 0 heterocycles. The first-order chi connectivity index (χ1) is 8.66. The zero-order valence-corrected chi connectivity index (χ0v) is 11.9. The minimum absolute atomic E-state index is 0.621. The fourth-order valence-electron chi connectivity index (χ4n) is 1.76. The maximum Gasteiger partial charge on any atom is 0.133 e. The smallest absolute Gasteiger partial charge is 0.133 e. The van der Waals surface area contributed by atoms with Crippen molar-refractivity contribution >= 4 is 21.6 Å². The molecule has 0 aliphatic carbocycles. The summed E-state index contributed by atoms with van der Waals surface area (Å²) in [5, 5.41) is 0. The van der Waals surface area contributed by atoms with Gasteiger partial charge < -0.3 is 10.5 Å². The van der Waals surface area contributed by atoms with Crippen molar-refractivity contribution in [3.63, 3.8) is 0 Å². The first-order valence-corrected chi connectivity index (χ1v) is 6.68. The summed E-state index contributed by atoms with van der Waals surface area (Å²) in [5.74, 6) is 0.870. The molecule has 0 saturated carbocycles. The number of rotatable bonds is 4. The molecule has 0 saturated heterocycles. The summed E-state index contributed by atoms with van der Waals surface area (Å²) >= 11 is 3.50. The van der Waals surface area contributed by atoms with Gasteiger partial charge in [0, 0.05) is 12.1 Å². The largest absolute Gasteiger partial charge is 0.492 e. The predicted molar refractivity (Wildman–Crippen MR) is 78.9 cm³/mol. The molecule has 2 N–H and O–H groups in total. The molecule has 0 amide bonds. The van der Waals surface area contributed by atoms with Crippen LogP contribution in [0.5, 0.6) is 5.75 Å². The van der Waals surface area contributed by atoms with Gasteiger partial charge in [-0.05, 0) is 52.2 Å². The van der Waals surface area contributed by atoms with Gasteiger partial charge in [-0.3, -0.25) is 0 Å². The molecule has 18 heavy (non-hydrogen) atoms. The molecule has 0 aliphatic rings. The molecule has 3 heteroatoms. The van der Waals surface area contributed by atoms with E-state index in [-0.39, 0.29) is 0 Å². The third-order valence-corrected chi connectivity index (χ3v) is 3.39. The van der Waals surface area contributed by atoms with Gasteiger partial charge in [-0.2, -0.15) is 0 Å². The van der Waals surface area contributed by atoms with Crippen molar-refractivity contribution in [2.75, 3.05) is 12.3 Å². The number of nitrogens with two attached hydrogens (primary N) is 1. The van der Waals surface area contributed by atoms with Gasteiger partial charge in [0.15, 0.2) is 0 Å².